The topological polar surface area (TPSA) is 60.9 Å². The van der Waals surface area contributed by atoms with Crippen molar-refractivity contribution in [2.45, 2.75) is 24.7 Å². The zero-order valence-electron chi connectivity index (χ0n) is 18.0. The standard InChI is InChI=1S/C23H27Cl2N3O3S/c1-17-4-2-3-5-21(17)26-12-14-27(15-13-26)23(29)18-8-10-28(11-9-18)32(30,31)22-16-19(24)6-7-20(22)25/h2-7,16,18H,8-15H2,1H3. The first-order valence-corrected chi connectivity index (χ1v) is 13.0. The number of hydrogen-bond donors (Lipinski definition) is 0. The molecular weight excluding hydrogens is 469 g/mol. The molecule has 0 N–H and O–H groups in total. The molecule has 2 saturated heterocycles. The summed E-state index contributed by atoms with van der Waals surface area (Å²) in [4.78, 5) is 17.4. The normalized spacial score (nSPS) is 18.7. The summed E-state index contributed by atoms with van der Waals surface area (Å²) < 4.78 is 27.4. The minimum atomic E-state index is -3.75. The van der Waals surface area contributed by atoms with E-state index in [0.717, 1.165) is 13.1 Å². The predicted molar refractivity (Wildman–Crippen MR) is 128 cm³/mol. The molecule has 0 unspecified atom stereocenters. The second-order valence-corrected chi connectivity index (χ2v) is 11.1. The van der Waals surface area contributed by atoms with Crippen molar-refractivity contribution in [2.75, 3.05) is 44.2 Å². The molecule has 6 nitrogen and oxygen atoms in total. The van der Waals surface area contributed by atoms with E-state index in [1.54, 1.807) is 6.07 Å². The Morgan fingerprint density at radius 2 is 1.59 bits per heavy atom. The number of piperazine rings is 1. The van der Waals surface area contributed by atoms with E-state index in [1.165, 1.54) is 27.7 Å². The van der Waals surface area contributed by atoms with Gasteiger partial charge in [-0.25, -0.2) is 8.42 Å². The van der Waals surface area contributed by atoms with Crippen molar-refractivity contribution in [3.8, 4) is 0 Å². The van der Waals surface area contributed by atoms with Crippen molar-refractivity contribution in [1.29, 1.82) is 0 Å². The van der Waals surface area contributed by atoms with Gasteiger partial charge in [0.1, 0.15) is 4.90 Å². The van der Waals surface area contributed by atoms with E-state index in [9.17, 15) is 13.2 Å². The first-order valence-electron chi connectivity index (χ1n) is 10.8. The van der Waals surface area contributed by atoms with E-state index in [-0.39, 0.29) is 21.7 Å². The molecule has 1 amide bonds. The fourth-order valence-corrected chi connectivity index (χ4v) is 6.71. The molecule has 0 aromatic heterocycles. The van der Waals surface area contributed by atoms with Gasteiger partial charge in [0, 0.05) is 55.9 Å². The zero-order valence-corrected chi connectivity index (χ0v) is 20.3. The van der Waals surface area contributed by atoms with Crippen molar-refractivity contribution in [2.24, 2.45) is 5.92 Å². The van der Waals surface area contributed by atoms with Crippen LogP contribution in [0, 0.1) is 12.8 Å². The first kappa shape index (κ1) is 23.4. The molecule has 2 heterocycles. The highest BCUT2D eigenvalue weighted by Gasteiger charge is 2.35. The van der Waals surface area contributed by atoms with Gasteiger partial charge < -0.3 is 9.80 Å². The number of nitrogens with zero attached hydrogens (tertiary/aromatic N) is 3. The molecule has 9 heteroatoms. The average Bonchev–Trinajstić information content (AvgIpc) is 2.80. The number of halogens is 2. The molecule has 0 aliphatic carbocycles. The summed E-state index contributed by atoms with van der Waals surface area (Å²) in [6.45, 7) is 5.67. The lowest BCUT2D eigenvalue weighted by Gasteiger charge is -2.39. The molecule has 0 bridgehead atoms. The second kappa shape index (κ2) is 9.59. The smallest absolute Gasteiger partial charge is 0.244 e. The molecule has 0 radical (unpaired) electrons. The van der Waals surface area contributed by atoms with Crippen molar-refractivity contribution in [3.63, 3.8) is 0 Å². The van der Waals surface area contributed by atoms with Gasteiger partial charge in [-0.05, 0) is 49.6 Å². The Balaban J connectivity index is 1.34. The van der Waals surface area contributed by atoms with Gasteiger partial charge in [0.15, 0.2) is 0 Å². The fourth-order valence-electron chi connectivity index (χ4n) is 4.50. The lowest BCUT2D eigenvalue weighted by Crippen LogP contribution is -2.52. The number of para-hydroxylation sites is 1. The van der Waals surface area contributed by atoms with E-state index in [0.29, 0.717) is 44.0 Å². The number of sulfonamides is 1. The second-order valence-electron chi connectivity index (χ2n) is 8.35. The van der Waals surface area contributed by atoms with Crippen LogP contribution < -0.4 is 4.90 Å². The summed E-state index contributed by atoms with van der Waals surface area (Å²) in [6, 6.07) is 12.7. The number of rotatable bonds is 4. The molecule has 172 valence electrons. The van der Waals surface area contributed by atoms with Crippen molar-refractivity contribution in [1.82, 2.24) is 9.21 Å². The first-order chi connectivity index (χ1) is 15.3. The Morgan fingerprint density at radius 3 is 2.25 bits per heavy atom. The number of carbonyl (C=O) groups is 1. The summed E-state index contributed by atoms with van der Waals surface area (Å²) in [5.74, 6) is -0.0198. The average molecular weight is 496 g/mol. The lowest BCUT2D eigenvalue weighted by molar-refractivity contribution is -0.137. The molecule has 2 aromatic rings. The zero-order chi connectivity index (χ0) is 22.9. The van der Waals surface area contributed by atoms with Crippen molar-refractivity contribution in [3.05, 3.63) is 58.1 Å². The van der Waals surface area contributed by atoms with Crippen LogP contribution in [0.15, 0.2) is 47.4 Å². The van der Waals surface area contributed by atoms with Gasteiger partial charge in [-0.15, -0.1) is 0 Å². The highest BCUT2D eigenvalue weighted by molar-refractivity contribution is 7.89. The minimum absolute atomic E-state index is 0.0174. The van der Waals surface area contributed by atoms with Gasteiger partial charge in [0.05, 0.1) is 5.02 Å². The number of hydrogen-bond acceptors (Lipinski definition) is 4. The van der Waals surface area contributed by atoms with Crippen LogP contribution in [0.25, 0.3) is 0 Å². The summed E-state index contributed by atoms with van der Waals surface area (Å²) in [5, 5.41) is 0.474. The Labute approximate surface area is 199 Å². The number of carbonyl (C=O) groups excluding carboxylic acids is 1. The maximum atomic E-state index is 13.1. The molecule has 2 aromatic carbocycles. The van der Waals surface area contributed by atoms with Crippen LogP contribution in [0.1, 0.15) is 18.4 Å². The van der Waals surface area contributed by atoms with Gasteiger partial charge in [0.2, 0.25) is 15.9 Å². The quantitative estimate of drug-likeness (QED) is 0.641. The molecule has 32 heavy (non-hydrogen) atoms. The van der Waals surface area contributed by atoms with Gasteiger partial charge in [-0.2, -0.15) is 4.31 Å². The molecule has 2 aliphatic heterocycles. The van der Waals surface area contributed by atoms with E-state index >= 15 is 0 Å². The molecule has 4 rings (SSSR count). The van der Waals surface area contributed by atoms with Crippen LogP contribution in [0.2, 0.25) is 10.0 Å². The predicted octanol–water partition coefficient (Wildman–Crippen LogP) is 4.05. The van der Waals surface area contributed by atoms with Gasteiger partial charge in [-0.3, -0.25) is 4.79 Å². The summed E-state index contributed by atoms with van der Waals surface area (Å²) >= 11 is 12.1. The van der Waals surface area contributed by atoms with E-state index in [1.807, 2.05) is 17.0 Å². The maximum absolute atomic E-state index is 13.1. The van der Waals surface area contributed by atoms with Gasteiger partial charge in [-0.1, -0.05) is 41.4 Å². The van der Waals surface area contributed by atoms with Gasteiger partial charge >= 0.3 is 0 Å². The van der Waals surface area contributed by atoms with Crippen LogP contribution in [0.4, 0.5) is 5.69 Å². The third-order valence-corrected chi connectivity index (χ3v) is 8.98. The van der Waals surface area contributed by atoms with Crippen molar-refractivity contribution >= 4 is 44.8 Å². The van der Waals surface area contributed by atoms with Gasteiger partial charge in [0.25, 0.3) is 0 Å². The fraction of sp³-hybridized carbons (Fsp3) is 0.435. The van der Waals surface area contributed by atoms with Crippen molar-refractivity contribution < 1.29 is 13.2 Å². The Morgan fingerprint density at radius 1 is 0.938 bits per heavy atom. The summed E-state index contributed by atoms with van der Waals surface area (Å²) in [7, 11) is -3.75. The van der Waals surface area contributed by atoms with Crippen LogP contribution in [-0.2, 0) is 14.8 Å². The van der Waals surface area contributed by atoms with E-state index in [4.69, 9.17) is 23.2 Å². The summed E-state index contributed by atoms with van der Waals surface area (Å²) in [6.07, 6.45) is 1.02. The summed E-state index contributed by atoms with van der Waals surface area (Å²) in [5.41, 5.74) is 2.46. The number of anilines is 1. The molecule has 2 aliphatic rings. The number of aryl methyl sites for hydroxylation is 1. The number of piperidine rings is 1. The number of amides is 1. The molecule has 0 atom stereocenters. The minimum Gasteiger partial charge on any atom is -0.368 e. The molecule has 0 saturated carbocycles. The monoisotopic (exact) mass is 495 g/mol. The van der Waals surface area contributed by atoms with Crippen LogP contribution in [0.5, 0.6) is 0 Å². The van der Waals surface area contributed by atoms with E-state index < -0.39 is 10.0 Å². The largest absolute Gasteiger partial charge is 0.368 e. The molecule has 2 fully saturated rings. The highest BCUT2D eigenvalue weighted by Crippen LogP contribution is 2.31. The third kappa shape index (κ3) is 4.76. The Hall–Kier alpha value is -1.80. The van der Waals surface area contributed by atoms with Crippen LogP contribution in [0.3, 0.4) is 0 Å². The van der Waals surface area contributed by atoms with Crippen LogP contribution >= 0.6 is 23.2 Å². The maximum Gasteiger partial charge on any atom is 0.244 e. The Bertz CT molecular complexity index is 1090. The molecule has 0 spiro atoms. The SMILES string of the molecule is Cc1ccccc1N1CCN(C(=O)C2CCN(S(=O)(=O)c3cc(Cl)ccc3Cl)CC2)CC1. The Kier molecular flexibility index (Phi) is 7.00. The third-order valence-electron chi connectivity index (χ3n) is 6.36. The number of benzene rings is 2. The highest BCUT2D eigenvalue weighted by atomic mass is 35.5. The van der Waals surface area contributed by atoms with E-state index in [2.05, 4.69) is 24.0 Å². The van der Waals surface area contributed by atoms with Crippen LogP contribution in [-0.4, -0.2) is 62.8 Å². The molecular formula is C23H27Cl2N3O3S. The lowest BCUT2D eigenvalue weighted by atomic mass is 9.96.